The van der Waals surface area contributed by atoms with Gasteiger partial charge in [-0.25, -0.2) is 4.98 Å². The summed E-state index contributed by atoms with van der Waals surface area (Å²) in [6.45, 7) is 1.83. The molecule has 3 rings (SSSR count). The largest absolute Gasteiger partial charge is 0.486 e. The average molecular weight is 390 g/mol. The van der Waals surface area contributed by atoms with Gasteiger partial charge in [0.25, 0.3) is 5.91 Å². The highest BCUT2D eigenvalue weighted by molar-refractivity contribution is 7.09. The smallest absolute Gasteiger partial charge is 0.270 e. The fourth-order valence-corrected chi connectivity index (χ4v) is 3.17. The van der Waals surface area contributed by atoms with Gasteiger partial charge in [0.2, 0.25) is 0 Å². The zero-order valence-electron chi connectivity index (χ0n) is 12.7. The van der Waals surface area contributed by atoms with E-state index in [0.29, 0.717) is 54.9 Å². The van der Waals surface area contributed by atoms with Crippen LogP contribution in [0.25, 0.3) is 0 Å². The summed E-state index contributed by atoms with van der Waals surface area (Å²) in [4.78, 5) is 16.1. The standard InChI is InChI=1S/C15H16ClN3O3S.ClH/c16-10-5-9(6-12-14(10)22-4-3-21-12)1-2-18-15(20)11-8-23-13(7-17)19-11;/h5-6,8H,1-4,7,17H2,(H,18,20);1H. The fourth-order valence-electron chi connectivity index (χ4n) is 2.23. The number of aromatic nitrogens is 1. The quantitative estimate of drug-likeness (QED) is 0.819. The van der Waals surface area contributed by atoms with Crippen LogP contribution < -0.4 is 20.5 Å². The summed E-state index contributed by atoms with van der Waals surface area (Å²) >= 11 is 7.57. The molecule has 130 valence electrons. The van der Waals surface area contributed by atoms with Gasteiger partial charge in [0.15, 0.2) is 11.5 Å². The number of hydrogen-bond donors (Lipinski definition) is 2. The van der Waals surface area contributed by atoms with Crippen LogP contribution in [-0.2, 0) is 13.0 Å². The van der Waals surface area contributed by atoms with E-state index in [-0.39, 0.29) is 18.3 Å². The Balaban J connectivity index is 0.00000208. The number of thiazole rings is 1. The molecule has 0 fully saturated rings. The van der Waals surface area contributed by atoms with E-state index < -0.39 is 0 Å². The number of carbonyl (C=O) groups is 1. The highest BCUT2D eigenvalue weighted by atomic mass is 35.5. The average Bonchev–Trinajstić information content (AvgIpc) is 3.04. The zero-order chi connectivity index (χ0) is 16.2. The van der Waals surface area contributed by atoms with Gasteiger partial charge in [0.05, 0.1) is 5.02 Å². The number of amides is 1. The van der Waals surface area contributed by atoms with Crippen molar-refractivity contribution in [2.45, 2.75) is 13.0 Å². The van der Waals surface area contributed by atoms with E-state index in [1.807, 2.05) is 12.1 Å². The van der Waals surface area contributed by atoms with Gasteiger partial charge in [0.1, 0.15) is 23.9 Å². The molecule has 1 aliphatic heterocycles. The van der Waals surface area contributed by atoms with Crippen molar-refractivity contribution in [2.75, 3.05) is 19.8 Å². The van der Waals surface area contributed by atoms with Gasteiger partial charge in [-0.2, -0.15) is 0 Å². The molecular formula is C15H17Cl2N3O3S. The van der Waals surface area contributed by atoms with Crippen molar-refractivity contribution in [2.24, 2.45) is 5.73 Å². The van der Waals surface area contributed by atoms with E-state index in [0.717, 1.165) is 10.6 Å². The molecule has 1 aliphatic rings. The molecule has 0 saturated carbocycles. The van der Waals surface area contributed by atoms with E-state index in [1.165, 1.54) is 11.3 Å². The van der Waals surface area contributed by atoms with Crippen molar-refractivity contribution in [1.29, 1.82) is 0 Å². The number of nitrogens with one attached hydrogen (secondary N) is 1. The number of carbonyl (C=O) groups excluding carboxylic acids is 1. The van der Waals surface area contributed by atoms with Gasteiger partial charge >= 0.3 is 0 Å². The first kappa shape index (κ1) is 18.8. The van der Waals surface area contributed by atoms with Crippen LogP contribution in [0.4, 0.5) is 0 Å². The first-order chi connectivity index (χ1) is 11.2. The van der Waals surface area contributed by atoms with E-state index >= 15 is 0 Å². The summed E-state index contributed by atoms with van der Waals surface area (Å²) in [7, 11) is 0. The zero-order valence-corrected chi connectivity index (χ0v) is 15.1. The Labute approximate surface area is 154 Å². The molecule has 0 radical (unpaired) electrons. The molecular weight excluding hydrogens is 373 g/mol. The summed E-state index contributed by atoms with van der Waals surface area (Å²) in [5, 5.41) is 5.81. The van der Waals surface area contributed by atoms with Crippen molar-refractivity contribution in [3.05, 3.63) is 38.8 Å². The molecule has 1 aromatic carbocycles. The van der Waals surface area contributed by atoms with Gasteiger partial charge in [-0.15, -0.1) is 23.7 Å². The third-order valence-corrected chi connectivity index (χ3v) is 4.47. The van der Waals surface area contributed by atoms with E-state index in [9.17, 15) is 4.79 Å². The summed E-state index contributed by atoms with van der Waals surface area (Å²) < 4.78 is 11.0. The second-order valence-corrected chi connectivity index (χ2v) is 6.29. The summed E-state index contributed by atoms with van der Waals surface area (Å²) in [5.41, 5.74) is 6.86. The van der Waals surface area contributed by atoms with Crippen LogP contribution in [0.5, 0.6) is 11.5 Å². The van der Waals surface area contributed by atoms with E-state index in [2.05, 4.69) is 10.3 Å². The van der Waals surface area contributed by atoms with Crippen LogP contribution in [0.1, 0.15) is 21.1 Å². The second-order valence-electron chi connectivity index (χ2n) is 4.94. The lowest BCUT2D eigenvalue weighted by atomic mass is 10.1. The van der Waals surface area contributed by atoms with Gasteiger partial charge in [0, 0.05) is 18.5 Å². The van der Waals surface area contributed by atoms with Gasteiger partial charge in [-0.05, 0) is 24.1 Å². The first-order valence-electron chi connectivity index (χ1n) is 7.18. The first-order valence-corrected chi connectivity index (χ1v) is 8.44. The molecule has 0 saturated heterocycles. The summed E-state index contributed by atoms with van der Waals surface area (Å²) in [5.74, 6) is 1.03. The highest BCUT2D eigenvalue weighted by Crippen LogP contribution is 2.38. The molecule has 24 heavy (non-hydrogen) atoms. The molecule has 1 amide bonds. The van der Waals surface area contributed by atoms with Crippen LogP contribution >= 0.6 is 35.3 Å². The Bertz CT molecular complexity index is 724. The van der Waals surface area contributed by atoms with Crippen molar-refractivity contribution < 1.29 is 14.3 Å². The molecule has 1 aromatic heterocycles. The lowest BCUT2D eigenvalue weighted by Gasteiger charge is -2.20. The van der Waals surface area contributed by atoms with Gasteiger partial charge < -0.3 is 20.5 Å². The van der Waals surface area contributed by atoms with Crippen molar-refractivity contribution >= 4 is 41.3 Å². The molecule has 3 N–H and O–H groups in total. The molecule has 0 unspecified atom stereocenters. The van der Waals surface area contributed by atoms with E-state index in [4.69, 9.17) is 26.8 Å². The Hall–Kier alpha value is -1.54. The Morgan fingerprint density at radius 2 is 2.17 bits per heavy atom. The Morgan fingerprint density at radius 3 is 2.92 bits per heavy atom. The lowest BCUT2D eigenvalue weighted by Crippen LogP contribution is -2.26. The van der Waals surface area contributed by atoms with E-state index in [1.54, 1.807) is 5.38 Å². The van der Waals surface area contributed by atoms with Crippen molar-refractivity contribution in [1.82, 2.24) is 10.3 Å². The Kier molecular flexibility index (Phi) is 6.68. The Morgan fingerprint density at radius 1 is 1.38 bits per heavy atom. The monoisotopic (exact) mass is 389 g/mol. The molecule has 0 atom stereocenters. The van der Waals surface area contributed by atoms with Gasteiger partial charge in [-0.1, -0.05) is 11.6 Å². The molecule has 0 spiro atoms. The maximum Gasteiger partial charge on any atom is 0.270 e. The number of hydrogen-bond acceptors (Lipinski definition) is 6. The number of nitrogens with two attached hydrogens (primary N) is 1. The molecule has 9 heteroatoms. The minimum Gasteiger partial charge on any atom is -0.486 e. The number of ether oxygens (including phenoxy) is 2. The number of benzene rings is 1. The molecule has 0 bridgehead atoms. The fraction of sp³-hybridized carbons (Fsp3) is 0.333. The second kappa shape index (κ2) is 8.53. The van der Waals surface area contributed by atoms with Crippen LogP contribution in [0, 0.1) is 0 Å². The molecule has 2 heterocycles. The predicted octanol–water partition coefficient (Wildman–Crippen LogP) is 2.42. The van der Waals surface area contributed by atoms with Gasteiger partial charge in [-0.3, -0.25) is 4.79 Å². The normalized spacial score (nSPS) is 12.4. The third kappa shape index (κ3) is 4.30. The minimum atomic E-state index is -0.204. The van der Waals surface area contributed by atoms with Crippen LogP contribution in [0.3, 0.4) is 0 Å². The number of fused-ring (bicyclic) bond motifs is 1. The molecule has 0 aliphatic carbocycles. The van der Waals surface area contributed by atoms with Crippen LogP contribution in [0.2, 0.25) is 5.02 Å². The number of nitrogens with zero attached hydrogens (tertiary/aromatic N) is 1. The predicted molar refractivity (Wildman–Crippen MR) is 95.7 cm³/mol. The summed E-state index contributed by atoms with van der Waals surface area (Å²) in [6.07, 6.45) is 0.635. The molecule has 2 aromatic rings. The van der Waals surface area contributed by atoms with Crippen molar-refractivity contribution in [3.8, 4) is 11.5 Å². The number of halogens is 2. The third-order valence-electron chi connectivity index (χ3n) is 3.31. The maximum absolute atomic E-state index is 12.0. The minimum absolute atomic E-state index is 0. The maximum atomic E-state index is 12.0. The molecule has 6 nitrogen and oxygen atoms in total. The van der Waals surface area contributed by atoms with Crippen LogP contribution in [-0.4, -0.2) is 30.6 Å². The number of rotatable bonds is 5. The lowest BCUT2D eigenvalue weighted by molar-refractivity contribution is 0.0949. The topological polar surface area (TPSA) is 86.5 Å². The van der Waals surface area contributed by atoms with Crippen molar-refractivity contribution in [3.63, 3.8) is 0 Å². The SMILES string of the molecule is Cl.NCc1nc(C(=O)NCCc2cc(Cl)c3c(c2)OCCO3)cs1. The van der Waals surface area contributed by atoms with Crippen LogP contribution in [0.15, 0.2) is 17.5 Å². The summed E-state index contributed by atoms with van der Waals surface area (Å²) in [6, 6.07) is 3.72. The highest BCUT2D eigenvalue weighted by Gasteiger charge is 2.17.